The summed E-state index contributed by atoms with van der Waals surface area (Å²) in [4.78, 5) is 26.0. The predicted octanol–water partition coefficient (Wildman–Crippen LogP) is 2.97. The normalized spacial score (nSPS) is 16.7. The number of alkyl carbamates (subject to hydrolysis) is 1. The van der Waals surface area contributed by atoms with E-state index in [4.69, 9.17) is 9.47 Å². The first-order chi connectivity index (χ1) is 11.9. The largest absolute Gasteiger partial charge is 0.462 e. The van der Waals surface area contributed by atoms with Crippen molar-refractivity contribution >= 4 is 12.1 Å². The predicted molar refractivity (Wildman–Crippen MR) is 97.8 cm³/mol. The van der Waals surface area contributed by atoms with E-state index in [1.165, 1.54) is 6.42 Å². The average Bonchev–Trinajstić information content (AvgIpc) is 2.58. The van der Waals surface area contributed by atoms with E-state index in [0.29, 0.717) is 18.9 Å². The Morgan fingerprint density at radius 3 is 2.48 bits per heavy atom. The molecule has 6 nitrogen and oxygen atoms in total. The smallest absolute Gasteiger partial charge is 0.407 e. The number of rotatable bonds is 10. The first-order valence-electron chi connectivity index (χ1n) is 9.41. The fourth-order valence-electron chi connectivity index (χ4n) is 3.09. The molecule has 0 aromatic rings. The van der Waals surface area contributed by atoms with Crippen LogP contribution in [-0.2, 0) is 14.3 Å². The molecule has 1 amide bonds. The van der Waals surface area contributed by atoms with Gasteiger partial charge in [0.2, 0.25) is 0 Å². The third kappa shape index (κ3) is 9.68. The van der Waals surface area contributed by atoms with Gasteiger partial charge in [-0.25, -0.2) is 4.79 Å². The molecule has 2 radical (unpaired) electrons. The van der Waals surface area contributed by atoms with Gasteiger partial charge in [-0.2, -0.15) is 0 Å². The van der Waals surface area contributed by atoms with Crippen LogP contribution < -0.4 is 5.32 Å². The third-order valence-corrected chi connectivity index (χ3v) is 4.67. The Labute approximate surface area is 152 Å². The second kappa shape index (κ2) is 12.1. The van der Waals surface area contributed by atoms with Crippen molar-refractivity contribution in [3.8, 4) is 0 Å². The van der Waals surface area contributed by atoms with Crippen LogP contribution in [0.2, 0.25) is 0 Å². The number of hydrogen-bond donors (Lipinski definition) is 1. The van der Waals surface area contributed by atoms with E-state index < -0.39 is 12.2 Å². The highest BCUT2D eigenvalue weighted by molar-refractivity contribution is 5.70. The first-order valence-corrected chi connectivity index (χ1v) is 9.41. The SMILES string of the molecule is [CH2]C([CH2])OC(=O)CCC(OC(=O)NCCN(C)CC)C1CCCCC1. The highest BCUT2D eigenvalue weighted by atomic mass is 16.6. The summed E-state index contributed by atoms with van der Waals surface area (Å²) in [5.74, 6) is -0.0229. The molecule has 0 aromatic carbocycles. The number of amides is 1. The number of hydrogen-bond acceptors (Lipinski definition) is 5. The Morgan fingerprint density at radius 2 is 1.88 bits per heavy atom. The Hall–Kier alpha value is -1.30. The summed E-state index contributed by atoms with van der Waals surface area (Å²) in [5, 5.41) is 2.80. The van der Waals surface area contributed by atoms with Crippen LogP contribution >= 0.6 is 0 Å². The number of ether oxygens (including phenoxy) is 2. The maximum Gasteiger partial charge on any atom is 0.407 e. The summed E-state index contributed by atoms with van der Waals surface area (Å²) < 4.78 is 10.6. The van der Waals surface area contributed by atoms with Crippen LogP contribution in [0.4, 0.5) is 4.79 Å². The molecule has 0 heterocycles. The van der Waals surface area contributed by atoms with Crippen molar-refractivity contribution < 1.29 is 19.1 Å². The minimum absolute atomic E-state index is 0.217. The summed E-state index contributed by atoms with van der Waals surface area (Å²) in [6.07, 6.45) is 5.05. The first kappa shape index (κ1) is 21.7. The Bertz CT molecular complexity index is 395. The van der Waals surface area contributed by atoms with Crippen molar-refractivity contribution in [1.82, 2.24) is 10.2 Å². The fourth-order valence-corrected chi connectivity index (χ4v) is 3.09. The lowest BCUT2D eigenvalue weighted by Crippen LogP contribution is -2.37. The van der Waals surface area contributed by atoms with E-state index in [1.54, 1.807) is 0 Å². The topological polar surface area (TPSA) is 67.9 Å². The van der Waals surface area contributed by atoms with E-state index in [9.17, 15) is 9.59 Å². The van der Waals surface area contributed by atoms with Crippen LogP contribution in [0.3, 0.4) is 0 Å². The van der Waals surface area contributed by atoms with E-state index in [2.05, 4.69) is 31.0 Å². The number of carbonyl (C=O) groups excluding carboxylic acids is 2. The second-order valence-corrected chi connectivity index (χ2v) is 6.82. The molecule has 0 bridgehead atoms. The zero-order chi connectivity index (χ0) is 18.7. The Morgan fingerprint density at radius 1 is 1.20 bits per heavy atom. The van der Waals surface area contributed by atoms with Crippen molar-refractivity contribution in [2.45, 2.75) is 64.1 Å². The van der Waals surface area contributed by atoms with Crippen LogP contribution in [0.15, 0.2) is 0 Å². The number of esters is 1. The maximum absolute atomic E-state index is 12.1. The molecule has 6 heteroatoms. The number of likely N-dealkylation sites (N-methyl/N-ethyl adjacent to an activating group) is 1. The fraction of sp³-hybridized carbons (Fsp3) is 0.789. The van der Waals surface area contributed by atoms with Crippen LogP contribution in [0, 0.1) is 19.8 Å². The van der Waals surface area contributed by atoms with Crippen molar-refractivity contribution in [1.29, 1.82) is 0 Å². The van der Waals surface area contributed by atoms with Gasteiger partial charge in [0.1, 0.15) is 12.2 Å². The van der Waals surface area contributed by atoms with Gasteiger partial charge in [0.05, 0.1) is 0 Å². The standard InChI is InChI=1S/C19H34N2O4/c1-5-21(4)14-13-20-19(23)25-17(16-9-7-6-8-10-16)11-12-18(22)24-15(2)3/h15-17H,2-3,5-14H2,1,4H3,(H,20,23). The molecule has 0 aliphatic heterocycles. The number of nitrogens with zero attached hydrogens (tertiary/aromatic N) is 1. The lowest BCUT2D eigenvalue weighted by Gasteiger charge is -2.30. The highest BCUT2D eigenvalue weighted by Crippen LogP contribution is 2.30. The molecule has 1 N–H and O–H groups in total. The van der Waals surface area contributed by atoms with Gasteiger partial charge >= 0.3 is 12.1 Å². The van der Waals surface area contributed by atoms with Crippen LogP contribution in [-0.4, -0.2) is 55.9 Å². The van der Waals surface area contributed by atoms with E-state index in [1.807, 2.05) is 7.05 Å². The van der Waals surface area contributed by atoms with E-state index in [-0.39, 0.29) is 18.5 Å². The lowest BCUT2D eigenvalue weighted by atomic mass is 9.83. The Kier molecular flexibility index (Phi) is 10.5. The molecule has 1 fully saturated rings. The molecule has 1 aliphatic rings. The van der Waals surface area contributed by atoms with Crippen molar-refractivity contribution in [2.24, 2.45) is 5.92 Å². The molecule has 0 aromatic heterocycles. The molecule has 144 valence electrons. The monoisotopic (exact) mass is 354 g/mol. The molecule has 0 saturated heterocycles. The summed E-state index contributed by atoms with van der Waals surface area (Å²) in [5.41, 5.74) is 0. The molecule has 1 aliphatic carbocycles. The van der Waals surface area contributed by atoms with Crippen LogP contribution in [0.25, 0.3) is 0 Å². The van der Waals surface area contributed by atoms with Crippen LogP contribution in [0.5, 0.6) is 0 Å². The minimum Gasteiger partial charge on any atom is -0.462 e. The van der Waals surface area contributed by atoms with Gasteiger partial charge in [0.15, 0.2) is 0 Å². The third-order valence-electron chi connectivity index (χ3n) is 4.67. The average molecular weight is 354 g/mol. The van der Waals surface area contributed by atoms with Gasteiger partial charge in [0.25, 0.3) is 0 Å². The molecular weight excluding hydrogens is 320 g/mol. The molecule has 1 atom stereocenters. The zero-order valence-electron chi connectivity index (χ0n) is 15.8. The van der Waals surface area contributed by atoms with Gasteiger partial charge in [-0.1, -0.05) is 26.2 Å². The molecule has 1 unspecified atom stereocenters. The van der Waals surface area contributed by atoms with Crippen molar-refractivity contribution in [3.63, 3.8) is 0 Å². The summed E-state index contributed by atoms with van der Waals surface area (Å²) >= 11 is 0. The summed E-state index contributed by atoms with van der Waals surface area (Å²) in [6.45, 7) is 11.4. The number of carbonyl (C=O) groups is 2. The van der Waals surface area contributed by atoms with Crippen molar-refractivity contribution in [3.05, 3.63) is 13.8 Å². The quantitative estimate of drug-likeness (QED) is 0.611. The van der Waals surface area contributed by atoms with Crippen molar-refractivity contribution in [2.75, 3.05) is 26.7 Å². The molecular formula is C19H34N2O4. The Balaban J connectivity index is 2.46. The highest BCUT2D eigenvalue weighted by Gasteiger charge is 2.27. The van der Waals surface area contributed by atoms with E-state index in [0.717, 1.165) is 38.8 Å². The summed E-state index contributed by atoms with van der Waals surface area (Å²) in [7, 11) is 2.00. The molecule has 1 saturated carbocycles. The van der Waals surface area contributed by atoms with Gasteiger partial charge < -0.3 is 19.7 Å². The van der Waals surface area contributed by atoms with Crippen LogP contribution in [0.1, 0.15) is 51.9 Å². The number of nitrogens with one attached hydrogen (secondary N) is 1. The molecule has 1 rings (SSSR count). The maximum atomic E-state index is 12.1. The zero-order valence-corrected chi connectivity index (χ0v) is 15.8. The second-order valence-electron chi connectivity index (χ2n) is 6.82. The van der Waals surface area contributed by atoms with Gasteiger partial charge in [0, 0.05) is 19.5 Å². The van der Waals surface area contributed by atoms with E-state index >= 15 is 0 Å². The molecule has 0 spiro atoms. The van der Waals surface area contributed by atoms with Gasteiger partial charge in [-0.3, -0.25) is 4.79 Å². The van der Waals surface area contributed by atoms with Gasteiger partial charge in [-0.05, 0) is 52.6 Å². The van der Waals surface area contributed by atoms with Gasteiger partial charge in [-0.15, -0.1) is 0 Å². The molecule has 25 heavy (non-hydrogen) atoms. The lowest BCUT2D eigenvalue weighted by molar-refractivity contribution is -0.146. The minimum atomic E-state index is -0.611. The summed E-state index contributed by atoms with van der Waals surface area (Å²) in [6, 6.07) is 0.